The Hall–Kier alpha value is -4.31. The van der Waals surface area contributed by atoms with Crippen LogP contribution in [0.1, 0.15) is 12.0 Å². The van der Waals surface area contributed by atoms with E-state index in [9.17, 15) is 10.1 Å². The average molecular weight is 457 g/mol. The predicted molar refractivity (Wildman–Crippen MR) is 129 cm³/mol. The third kappa shape index (κ3) is 3.73. The van der Waals surface area contributed by atoms with Gasteiger partial charge < -0.3 is 15.4 Å². The molecule has 0 radical (unpaired) electrons. The molecule has 4 aromatic rings. The van der Waals surface area contributed by atoms with E-state index in [2.05, 4.69) is 20.0 Å². The number of likely N-dealkylation sites (N-methyl/N-ethyl adjacent to an activating group) is 1. The molecule has 0 unspecified atom stereocenters. The van der Waals surface area contributed by atoms with Crippen LogP contribution in [-0.2, 0) is 0 Å². The number of rotatable bonds is 5. The Morgan fingerprint density at radius 2 is 2.00 bits per heavy atom. The second-order valence-corrected chi connectivity index (χ2v) is 8.15. The lowest BCUT2D eigenvalue weighted by Crippen LogP contribution is -2.23. The number of methoxy groups -OCH3 is 1. The van der Waals surface area contributed by atoms with Crippen LogP contribution in [0, 0.1) is 10.1 Å². The molecule has 10 nitrogen and oxygen atoms in total. The molecule has 0 atom stereocenters. The Morgan fingerprint density at radius 1 is 1.15 bits per heavy atom. The van der Waals surface area contributed by atoms with E-state index in [1.54, 1.807) is 30.1 Å². The zero-order valence-electron chi connectivity index (χ0n) is 18.8. The van der Waals surface area contributed by atoms with E-state index < -0.39 is 0 Å². The second kappa shape index (κ2) is 8.56. The summed E-state index contributed by atoms with van der Waals surface area (Å²) in [6.45, 7) is 1.57. The first-order chi connectivity index (χ1) is 16.5. The molecule has 10 heteroatoms. The summed E-state index contributed by atoms with van der Waals surface area (Å²) >= 11 is 0. The van der Waals surface area contributed by atoms with Gasteiger partial charge in [0.2, 0.25) is 5.95 Å². The minimum Gasteiger partial charge on any atom is -0.496 e. The fourth-order valence-electron chi connectivity index (χ4n) is 4.29. The summed E-state index contributed by atoms with van der Waals surface area (Å²) in [7, 11) is 3.57. The maximum absolute atomic E-state index is 12.1. The maximum atomic E-state index is 12.1. The number of hydrogen-bond acceptors (Lipinski definition) is 8. The van der Waals surface area contributed by atoms with Crippen molar-refractivity contribution in [3.8, 4) is 28.1 Å². The van der Waals surface area contributed by atoms with Crippen LogP contribution in [0.3, 0.4) is 0 Å². The first kappa shape index (κ1) is 21.5. The smallest absolute Gasteiger partial charge is 0.277 e. The van der Waals surface area contributed by atoms with E-state index >= 15 is 0 Å². The van der Waals surface area contributed by atoms with Gasteiger partial charge >= 0.3 is 0 Å². The minimum absolute atomic E-state index is 0.00856. The van der Waals surface area contributed by atoms with Gasteiger partial charge in [-0.2, -0.15) is 5.10 Å². The number of nitro groups is 1. The van der Waals surface area contributed by atoms with Crippen LogP contribution >= 0.6 is 0 Å². The first-order valence-corrected chi connectivity index (χ1v) is 10.8. The molecule has 172 valence electrons. The van der Waals surface area contributed by atoms with E-state index in [4.69, 9.17) is 10.5 Å². The van der Waals surface area contributed by atoms with Crippen molar-refractivity contribution >= 4 is 22.7 Å². The molecule has 2 N–H and O–H groups in total. The molecule has 0 fully saturated rings. The number of nitrogens with zero attached hydrogens (tertiary/aromatic N) is 6. The third-order valence-corrected chi connectivity index (χ3v) is 6.05. The quantitative estimate of drug-likeness (QED) is 0.355. The second-order valence-electron chi connectivity index (χ2n) is 8.15. The number of pyridine rings is 1. The fourth-order valence-corrected chi connectivity index (χ4v) is 4.29. The highest BCUT2D eigenvalue weighted by Crippen LogP contribution is 2.43. The van der Waals surface area contributed by atoms with Crippen LogP contribution in [0.5, 0.6) is 5.75 Å². The minimum atomic E-state index is -0.357. The Morgan fingerprint density at radius 3 is 2.74 bits per heavy atom. The molecular weight excluding hydrogens is 434 g/mol. The lowest BCUT2D eigenvalue weighted by molar-refractivity contribution is -0.385. The van der Waals surface area contributed by atoms with Crippen molar-refractivity contribution in [2.75, 3.05) is 33.0 Å². The highest BCUT2D eigenvalue weighted by atomic mass is 16.6. The Bertz CT molecular complexity index is 1440. The SMILES string of the molecule is COc1cc(C2=CCN(C)CC2)c([N+](=O)[O-])cc1-c1cnc(N)nc1-c1cnn2ccccc12. The van der Waals surface area contributed by atoms with E-state index in [0.29, 0.717) is 28.1 Å². The van der Waals surface area contributed by atoms with Crippen LogP contribution < -0.4 is 10.5 Å². The predicted octanol–water partition coefficient (Wildman–Crippen LogP) is 3.68. The number of ether oxygens (including phenoxy) is 1. The van der Waals surface area contributed by atoms with Crippen LogP contribution in [0.4, 0.5) is 11.6 Å². The summed E-state index contributed by atoms with van der Waals surface area (Å²) < 4.78 is 7.44. The highest BCUT2D eigenvalue weighted by molar-refractivity contribution is 5.91. The average Bonchev–Trinajstić information content (AvgIpc) is 3.28. The summed E-state index contributed by atoms with van der Waals surface area (Å²) in [4.78, 5) is 22.6. The van der Waals surface area contributed by atoms with Crippen molar-refractivity contribution in [1.29, 1.82) is 0 Å². The van der Waals surface area contributed by atoms with Crippen molar-refractivity contribution in [1.82, 2.24) is 24.5 Å². The third-order valence-electron chi connectivity index (χ3n) is 6.05. The van der Waals surface area contributed by atoms with E-state index in [1.165, 1.54) is 6.07 Å². The molecule has 0 saturated heterocycles. The van der Waals surface area contributed by atoms with Crippen molar-refractivity contribution in [2.24, 2.45) is 0 Å². The number of anilines is 1. The number of nitrogens with two attached hydrogens (primary N) is 1. The first-order valence-electron chi connectivity index (χ1n) is 10.8. The summed E-state index contributed by atoms with van der Waals surface area (Å²) in [6.07, 6.45) is 7.85. The molecule has 1 aromatic carbocycles. The molecule has 1 aliphatic rings. The number of fused-ring (bicyclic) bond motifs is 1. The standard InChI is InChI=1S/C24H23N7O3/c1-29-9-6-15(7-10-29)16-12-22(34-2)17(11-21(16)31(32)33)18-13-26-24(25)28-23(18)19-14-27-30-8-4-3-5-20(19)30/h3-6,8,11-14H,7,9-10H2,1-2H3,(H2,25,26,28). The largest absolute Gasteiger partial charge is 0.496 e. The molecule has 0 amide bonds. The Balaban J connectivity index is 1.73. The van der Waals surface area contributed by atoms with E-state index in [0.717, 1.165) is 36.2 Å². The van der Waals surface area contributed by atoms with Gasteiger partial charge in [0.15, 0.2) is 0 Å². The lowest BCUT2D eigenvalue weighted by Gasteiger charge is -2.22. The van der Waals surface area contributed by atoms with Crippen molar-refractivity contribution in [3.63, 3.8) is 0 Å². The van der Waals surface area contributed by atoms with Gasteiger partial charge in [0.05, 0.1) is 35.0 Å². The summed E-state index contributed by atoms with van der Waals surface area (Å²) in [6, 6.07) is 8.97. The van der Waals surface area contributed by atoms with Crippen LogP contribution in [0.15, 0.2) is 55.0 Å². The Kier molecular flexibility index (Phi) is 5.42. The number of nitrogen functional groups attached to an aromatic ring is 1. The summed E-state index contributed by atoms with van der Waals surface area (Å²) in [5, 5.41) is 16.5. The number of nitro benzene ring substituents is 1. The zero-order chi connectivity index (χ0) is 23.8. The number of aromatic nitrogens is 4. The van der Waals surface area contributed by atoms with E-state index in [1.807, 2.05) is 37.5 Å². The number of benzene rings is 1. The molecule has 4 heterocycles. The van der Waals surface area contributed by atoms with E-state index in [-0.39, 0.29) is 16.6 Å². The Labute approximate surface area is 195 Å². The summed E-state index contributed by atoms with van der Waals surface area (Å²) in [5.41, 5.74) is 10.6. The van der Waals surface area contributed by atoms with Gasteiger partial charge in [0, 0.05) is 48.2 Å². The van der Waals surface area contributed by atoms with Gasteiger partial charge in [-0.05, 0) is 37.2 Å². The van der Waals surface area contributed by atoms with Crippen molar-refractivity contribution < 1.29 is 9.66 Å². The summed E-state index contributed by atoms with van der Waals surface area (Å²) in [5.74, 6) is 0.585. The normalized spacial score (nSPS) is 14.2. The van der Waals surface area contributed by atoms with Gasteiger partial charge in [-0.15, -0.1) is 0 Å². The molecular formula is C24H23N7O3. The molecule has 34 heavy (non-hydrogen) atoms. The van der Waals surface area contributed by atoms with Crippen LogP contribution in [0.25, 0.3) is 33.5 Å². The zero-order valence-corrected chi connectivity index (χ0v) is 18.8. The molecule has 0 bridgehead atoms. The maximum Gasteiger partial charge on any atom is 0.277 e. The monoisotopic (exact) mass is 457 g/mol. The van der Waals surface area contributed by atoms with Crippen LogP contribution in [-0.4, -0.2) is 56.7 Å². The van der Waals surface area contributed by atoms with Gasteiger partial charge in [-0.25, -0.2) is 14.5 Å². The molecule has 0 spiro atoms. The molecule has 1 aliphatic heterocycles. The molecule has 5 rings (SSSR count). The molecule has 0 saturated carbocycles. The van der Waals surface area contributed by atoms with Crippen LogP contribution in [0.2, 0.25) is 0 Å². The molecule has 0 aliphatic carbocycles. The van der Waals surface area contributed by atoms with Crippen molar-refractivity contribution in [2.45, 2.75) is 6.42 Å². The lowest BCUT2D eigenvalue weighted by atomic mass is 9.93. The number of hydrogen-bond donors (Lipinski definition) is 1. The highest BCUT2D eigenvalue weighted by Gasteiger charge is 2.26. The van der Waals surface area contributed by atoms with Gasteiger partial charge in [0.1, 0.15) is 5.75 Å². The van der Waals surface area contributed by atoms with Gasteiger partial charge in [-0.1, -0.05) is 12.1 Å². The van der Waals surface area contributed by atoms with Crippen molar-refractivity contribution in [3.05, 3.63) is 70.7 Å². The fraction of sp³-hybridized carbons (Fsp3) is 0.208. The van der Waals surface area contributed by atoms with Gasteiger partial charge in [-0.3, -0.25) is 10.1 Å². The van der Waals surface area contributed by atoms with Gasteiger partial charge in [0.25, 0.3) is 5.69 Å². The molecule has 3 aromatic heterocycles. The topological polar surface area (TPSA) is 125 Å².